The molecule has 116 valence electrons. The second kappa shape index (κ2) is 5.50. The molecule has 1 aliphatic heterocycles. The van der Waals surface area contributed by atoms with Crippen molar-refractivity contribution in [2.24, 2.45) is 0 Å². The molecule has 2 unspecified atom stereocenters. The molecule has 0 bridgehead atoms. The summed E-state index contributed by atoms with van der Waals surface area (Å²) in [5.41, 5.74) is 1.64. The number of rotatable bonds is 5. The van der Waals surface area contributed by atoms with Gasteiger partial charge in [0.05, 0.1) is 6.26 Å². The van der Waals surface area contributed by atoms with Crippen LogP contribution in [0.2, 0.25) is 0 Å². The minimum Gasteiger partial charge on any atom is -0.381 e. The van der Waals surface area contributed by atoms with Gasteiger partial charge in [-0.25, -0.2) is 8.42 Å². The summed E-state index contributed by atoms with van der Waals surface area (Å²) < 4.78 is 24.8. The Kier molecular flexibility index (Phi) is 3.84. The van der Waals surface area contributed by atoms with Gasteiger partial charge >= 0.3 is 0 Å². The fourth-order valence-corrected chi connectivity index (χ4v) is 3.72. The van der Waals surface area contributed by atoms with Crippen LogP contribution in [0.3, 0.4) is 0 Å². The van der Waals surface area contributed by atoms with Gasteiger partial charge in [0, 0.05) is 36.0 Å². The van der Waals surface area contributed by atoms with Crippen LogP contribution < -0.4 is 10.0 Å². The second-order valence-electron chi connectivity index (χ2n) is 6.31. The van der Waals surface area contributed by atoms with E-state index in [-0.39, 0.29) is 0 Å². The molecular weight excluding hydrogens is 286 g/mol. The summed E-state index contributed by atoms with van der Waals surface area (Å²) in [4.78, 5) is 2.61. The van der Waals surface area contributed by atoms with Gasteiger partial charge in [-0.3, -0.25) is 9.62 Å². The molecule has 1 aliphatic carbocycles. The molecule has 2 aliphatic rings. The fraction of sp³-hybridized carbons (Fsp3) is 0.600. The quantitative estimate of drug-likeness (QED) is 0.874. The van der Waals surface area contributed by atoms with E-state index in [2.05, 4.69) is 21.9 Å². The summed E-state index contributed by atoms with van der Waals surface area (Å²) in [6.45, 7) is 3.41. The summed E-state index contributed by atoms with van der Waals surface area (Å²) >= 11 is 0. The summed E-state index contributed by atoms with van der Waals surface area (Å²) in [6.07, 6.45) is 5.03. The van der Waals surface area contributed by atoms with E-state index in [1.807, 2.05) is 12.1 Å². The average molecular weight is 309 g/mol. The SMILES string of the molecule is CC1CC(Nc2ccc(NS(C)(=O)=O)cc2)CN1C1CC1. The number of nitrogens with one attached hydrogen (secondary N) is 2. The Bertz CT molecular complexity index is 596. The first-order valence-corrected chi connectivity index (χ1v) is 9.40. The molecule has 5 nitrogen and oxygen atoms in total. The zero-order valence-electron chi connectivity index (χ0n) is 12.5. The van der Waals surface area contributed by atoms with E-state index in [9.17, 15) is 8.42 Å². The van der Waals surface area contributed by atoms with Crippen molar-refractivity contribution in [2.45, 2.75) is 44.3 Å². The number of benzene rings is 1. The average Bonchev–Trinajstić information content (AvgIpc) is 3.15. The van der Waals surface area contributed by atoms with Crippen LogP contribution in [0.1, 0.15) is 26.2 Å². The van der Waals surface area contributed by atoms with Gasteiger partial charge < -0.3 is 5.32 Å². The van der Waals surface area contributed by atoms with Crippen LogP contribution in [0.25, 0.3) is 0 Å². The highest BCUT2D eigenvalue weighted by Crippen LogP contribution is 2.34. The maximum absolute atomic E-state index is 11.2. The van der Waals surface area contributed by atoms with E-state index in [0.29, 0.717) is 17.8 Å². The van der Waals surface area contributed by atoms with Gasteiger partial charge in [0.15, 0.2) is 0 Å². The maximum atomic E-state index is 11.2. The third kappa shape index (κ3) is 3.89. The number of hydrogen-bond acceptors (Lipinski definition) is 4. The van der Waals surface area contributed by atoms with Crippen LogP contribution in [-0.4, -0.2) is 44.2 Å². The van der Waals surface area contributed by atoms with E-state index in [1.54, 1.807) is 12.1 Å². The molecule has 0 spiro atoms. The molecule has 2 N–H and O–H groups in total. The Hall–Kier alpha value is -1.27. The van der Waals surface area contributed by atoms with Gasteiger partial charge in [-0.1, -0.05) is 0 Å². The smallest absolute Gasteiger partial charge is 0.229 e. The number of anilines is 2. The molecule has 0 radical (unpaired) electrons. The molecule has 0 aromatic heterocycles. The van der Waals surface area contributed by atoms with Gasteiger partial charge in [0.1, 0.15) is 0 Å². The van der Waals surface area contributed by atoms with E-state index < -0.39 is 10.0 Å². The first-order chi connectivity index (χ1) is 9.90. The van der Waals surface area contributed by atoms with Crippen LogP contribution >= 0.6 is 0 Å². The molecule has 21 heavy (non-hydrogen) atoms. The van der Waals surface area contributed by atoms with Gasteiger partial charge in [0.2, 0.25) is 10.0 Å². The molecule has 2 fully saturated rings. The Morgan fingerprint density at radius 1 is 1.14 bits per heavy atom. The Labute approximate surface area is 126 Å². The highest BCUT2D eigenvalue weighted by Gasteiger charge is 2.38. The lowest BCUT2D eigenvalue weighted by molar-refractivity contribution is 0.257. The zero-order valence-corrected chi connectivity index (χ0v) is 13.4. The van der Waals surface area contributed by atoms with Crippen LogP contribution in [0.5, 0.6) is 0 Å². The normalized spacial score (nSPS) is 26.8. The number of sulfonamides is 1. The lowest BCUT2D eigenvalue weighted by atomic mass is 10.2. The van der Waals surface area contributed by atoms with Crippen molar-refractivity contribution in [3.63, 3.8) is 0 Å². The molecule has 0 amide bonds. The minimum absolute atomic E-state index is 0.481. The summed E-state index contributed by atoms with van der Waals surface area (Å²) in [5, 5.41) is 3.56. The van der Waals surface area contributed by atoms with Crippen LogP contribution in [-0.2, 0) is 10.0 Å². The van der Waals surface area contributed by atoms with Crippen LogP contribution in [0.4, 0.5) is 11.4 Å². The van der Waals surface area contributed by atoms with Gasteiger partial charge in [-0.05, 0) is 50.5 Å². The van der Waals surface area contributed by atoms with Crippen molar-refractivity contribution < 1.29 is 8.42 Å². The standard InChI is InChI=1S/C15H23N3O2S/c1-11-9-14(10-18(11)15-7-8-15)16-12-3-5-13(6-4-12)17-21(2,19)20/h3-6,11,14-17H,7-10H2,1-2H3. The molecule has 1 saturated heterocycles. The molecular formula is C15H23N3O2S. The van der Waals surface area contributed by atoms with Gasteiger partial charge in [0.25, 0.3) is 0 Å². The molecule has 1 aromatic carbocycles. The third-order valence-electron chi connectivity index (χ3n) is 4.20. The Morgan fingerprint density at radius 2 is 1.76 bits per heavy atom. The molecule has 1 heterocycles. The van der Waals surface area contributed by atoms with E-state index in [0.717, 1.165) is 24.5 Å². The molecule has 6 heteroatoms. The highest BCUT2D eigenvalue weighted by atomic mass is 32.2. The number of nitrogens with zero attached hydrogens (tertiary/aromatic N) is 1. The Balaban J connectivity index is 1.58. The first kappa shape index (κ1) is 14.7. The van der Waals surface area contributed by atoms with Crippen molar-refractivity contribution in [3.8, 4) is 0 Å². The molecule has 2 atom stereocenters. The van der Waals surface area contributed by atoms with Crippen molar-refractivity contribution in [3.05, 3.63) is 24.3 Å². The fourth-order valence-electron chi connectivity index (χ4n) is 3.16. The summed E-state index contributed by atoms with van der Waals surface area (Å²) in [7, 11) is -3.21. The molecule has 3 rings (SSSR count). The molecule has 1 aromatic rings. The number of hydrogen-bond donors (Lipinski definition) is 2. The van der Waals surface area contributed by atoms with E-state index in [1.165, 1.54) is 19.3 Å². The highest BCUT2D eigenvalue weighted by molar-refractivity contribution is 7.92. The predicted molar refractivity (Wildman–Crippen MR) is 86.1 cm³/mol. The molecule has 1 saturated carbocycles. The second-order valence-corrected chi connectivity index (χ2v) is 8.05. The van der Waals surface area contributed by atoms with Crippen LogP contribution in [0.15, 0.2) is 24.3 Å². The zero-order chi connectivity index (χ0) is 15.0. The van der Waals surface area contributed by atoms with Crippen molar-refractivity contribution in [2.75, 3.05) is 22.8 Å². The van der Waals surface area contributed by atoms with Crippen molar-refractivity contribution in [1.29, 1.82) is 0 Å². The van der Waals surface area contributed by atoms with E-state index >= 15 is 0 Å². The number of likely N-dealkylation sites (tertiary alicyclic amines) is 1. The van der Waals surface area contributed by atoms with Crippen LogP contribution in [0, 0.1) is 0 Å². The summed E-state index contributed by atoms with van der Waals surface area (Å²) in [6, 6.07) is 9.39. The third-order valence-corrected chi connectivity index (χ3v) is 4.80. The van der Waals surface area contributed by atoms with Gasteiger partial charge in [-0.2, -0.15) is 0 Å². The van der Waals surface area contributed by atoms with Gasteiger partial charge in [-0.15, -0.1) is 0 Å². The minimum atomic E-state index is -3.21. The van der Waals surface area contributed by atoms with E-state index in [4.69, 9.17) is 0 Å². The summed E-state index contributed by atoms with van der Waals surface area (Å²) in [5.74, 6) is 0. The maximum Gasteiger partial charge on any atom is 0.229 e. The monoisotopic (exact) mass is 309 g/mol. The lowest BCUT2D eigenvalue weighted by Crippen LogP contribution is -2.30. The van der Waals surface area contributed by atoms with Crippen molar-refractivity contribution >= 4 is 21.4 Å². The largest absolute Gasteiger partial charge is 0.381 e. The Morgan fingerprint density at radius 3 is 2.33 bits per heavy atom. The van der Waals surface area contributed by atoms with Crippen molar-refractivity contribution in [1.82, 2.24) is 4.90 Å². The predicted octanol–water partition coefficient (Wildman–Crippen LogP) is 2.10. The lowest BCUT2D eigenvalue weighted by Gasteiger charge is -2.20. The topological polar surface area (TPSA) is 61.4 Å². The first-order valence-electron chi connectivity index (χ1n) is 7.51.